The molecule has 0 aliphatic rings. The summed E-state index contributed by atoms with van der Waals surface area (Å²) in [6, 6.07) is 3.08. The fourth-order valence-corrected chi connectivity index (χ4v) is 2.06. The van der Waals surface area contributed by atoms with Crippen molar-refractivity contribution in [1.82, 2.24) is 15.1 Å². The van der Waals surface area contributed by atoms with Crippen LogP contribution < -0.4 is 11.1 Å². The Labute approximate surface area is 120 Å². The maximum Gasteiger partial charge on any atom is 0.271 e. The summed E-state index contributed by atoms with van der Waals surface area (Å²) in [5.41, 5.74) is 7.07. The highest BCUT2D eigenvalue weighted by Crippen LogP contribution is 2.17. The van der Waals surface area contributed by atoms with Gasteiger partial charge in [0.2, 0.25) is 0 Å². The van der Waals surface area contributed by atoms with Crippen LogP contribution in [-0.4, -0.2) is 15.7 Å². The van der Waals surface area contributed by atoms with E-state index in [0.717, 1.165) is 18.2 Å². The third-order valence-electron chi connectivity index (χ3n) is 3.16. The van der Waals surface area contributed by atoms with Gasteiger partial charge in [0.05, 0.1) is 11.4 Å². The number of carbonyl (C=O) groups excluding carboxylic acids is 1. The number of hydrogen-bond donors (Lipinski definition) is 2. The van der Waals surface area contributed by atoms with E-state index >= 15 is 0 Å². The number of amides is 1. The lowest BCUT2D eigenvalue weighted by Gasteiger charge is -2.07. The van der Waals surface area contributed by atoms with Crippen molar-refractivity contribution < 1.29 is 13.6 Å². The monoisotopic (exact) mass is 294 g/mol. The number of nitrogen functional groups attached to an aromatic ring is 1. The lowest BCUT2D eigenvalue weighted by atomic mass is 10.2. The van der Waals surface area contributed by atoms with E-state index in [1.807, 2.05) is 6.92 Å². The topological polar surface area (TPSA) is 72.9 Å². The molecule has 0 bridgehead atoms. The van der Waals surface area contributed by atoms with Gasteiger partial charge in [0.15, 0.2) is 0 Å². The third-order valence-corrected chi connectivity index (χ3v) is 3.16. The largest absolute Gasteiger partial charge is 0.395 e. The van der Waals surface area contributed by atoms with E-state index in [4.69, 9.17) is 5.73 Å². The molecule has 0 spiro atoms. The quantitative estimate of drug-likeness (QED) is 0.902. The van der Waals surface area contributed by atoms with Crippen LogP contribution in [0.15, 0.2) is 18.2 Å². The van der Waals surface area contributed by atoms with Crippen LogP contribution in [0.2, 0.25) is 0 Å². The number of benzene rings is 1. The Morgan fingerprint density at radius 1 is 1.43 bits per heavy atom. The lowest BCUT2D eigenvalue weighted by molar-refractivity contribution is 0.0942. The predicted octanol–water partition coefficient (Wildman–Crippen LogP) is 1.77. The second-order valence-corrected chi connectivity index (χ2v) is 4.60. The summed E-state index contributed by atoms with van der Waals surface area (Å²) in [5, 5.41) is 6.65. The van der Waals surface area contributed by atoms with E-state index in [1.54, 1.807) is 7.05 Å². The number of anilines is 1. The summed E-state index contributed by atoms with van der Waals surface area (Å²) in [5.74, 6) is -1.62. The van der Waals surface area contributed by atoms with E-state index in [9.17, 15) is 13.6 Å². The first kappa shape index (κ1) is 15.0. The van der Waals surface area contributed by atoms with Crippen LogP contribution in [0, 0.1) is 11.6 Å². The van der Waals surface area contributed by atoms with E-state index in [2.05, 4.69) is 10.4 Å². The van der Waals surface area contributed by atoms with Gasteiger partial charge in [-0.25, -0.2) is 8.78 Å². The van der Waals surface area contributed by atoms with Gasteiger partial charge in [-0.3, -0.25) is 9.48 Å². The molecule has 0 atom stereocenters. The normalized spacial score (nSPS) is 10.7. The minimum absolute atomic E-state index is 0.0693. The minimum Gasteiger partial charge on any atom is -0.395 e. The van der Waals surface area contributed by atoms with Gasteiger partial charge >= 0.3 is 0 Å². The van der Waals surface area contributed by atoms with Crippen molar-refractivity contribution in [3.05, 3.63) is 46.8 Å². The number of halogens is 2. The highest BCUT2D eigenvalue weighted by molar-refractivity contribution is 5.97. The molecule has 0 radical (unpaired) electrons. The van der Waals surface area contributed by atoms with Gasteiger partial charge in [-0.15, -0.1) is 0 Å². The molecule has 0 fully saturated rings. The van der Waals surface area contributed by atoms with Gasteiger partial charge < -0.3 is 11.1 Å². The number of rotatable bonds is 4. The third kappa shape index (κ3) is 3.01. The number of nitrogens with zero attached hydrogens (tertiary/aromatic N) is 2. The first-order valence-corrected chi connectivity index (χ1v) is 6.47. The van der Waals surface area contributed by atoms with Crippen LogP contribution in [0.3, 0.4) is 0 Å². The molecule has 5 nitrogen and oxygen atoms in total. The van der Waals surface area contributed by atoms with Crippen molar-refractivity contribution in [2.45, 2.75) is 19.9 Å². The van der Waals surface area contributed by atoms with Crippen LogP contribution in [0.4, 0.5) is 14.5 Å². The zero-order valence-corrected chi connectivity index (χ0v) is 11.8. The molecule has 7 heteroatoms. The van der Waals surface area contributed by atoms with E-state index in [0.29, 0.717) is 17.8 Å². The number of hydrogen-bond acceptors (Lipinski definition) is 3. The van der Waals surface area contributed by atoms with Crippen molar-refractivity contribution in [2.24, 2.45) is 7.05 Å². The summed E-state index contributed by atoms with van der Waals surface area (Å²) < 4.78 is 27.9. The van der Waals surface area contributed by atoms with Gasteiger partial charge in [-0.1, -0.05) is 6.92 Å². The molecule has 1 amide bonds. The highest BCUT2D eigenvalue weighted by atomic mass is 19.1. The number of aryl methyl sites for hydroxylation is 2. The van der Waals surface area contributed by atoms with Gasteiger partial charge in [0.25, 0.3) is 5.91 Å². The van der Waals surface area contributed by atoms with E-state index in [1.165, 1.54) is 4.68 Å². The Balaban J connectivity index is 2.15. The van der Waals surface area contributed by atoms with Gasteiger partial charge in [-0.05, 0) is 24.6 Å². The van der Waals surface area contributed by atoms with Crippen LogP contribution in [-0.2, 0) is 20.0 Å². The van der Waals surface area contributed by atoms with E-state index in [-0.39, 0.29) is 17.8 Å². The Morgan fingerprint density at radius 3 is 2.76 bits per heavy atom. The fourth-order valence-electron chi connectivity index (χ4n) is 2.06. The van der Waals surface area contributed by atoms with Crippen molar-refractivity contribution in [3.8, 4) is 0 Å². The SMILES string of the molecule is CCc1nn(C)c(C(=O)NCc2cc(F)ccc2F)c1N. The summed E-state index contributed by atoms with van der Waals surface area (Å²) in [6.07, 6.45) is 0.603. The maximum absolute atomic E-state index is 13.5. The fraction of sp³-hybridized carbons (Fsp3) is 0.286. The molecular formula is C14H16F2N4O. The molecule has 0 unspecified atom stereocenters. The molecule has 1 aromatic heterocycles. The van der Waals surface area contributed by atoms with Gasteiger partial charge in [0.1, 0.15) is 17.3 Å². The Kier molecular flexibility index (Phi) is 4.21. The first-order chi connectivity index (χ1) is 9.93. The summed E-state index contributed by atoms with van der Waals surface area (Å²) in [4.78, 5) is 12.1. The molecular weight excluding hydrogens is 278 g/mol. The standard InChI is InChI=1S/C14H16F2N4O/c1-3-11-12(17)13(20(2)19-11)14(21)18-7-8-6-9(15)4-5-10(8)16/h4-6H,3,7,17H2,1-2H3,(H,18,21). The number of aromatic nitrogens is 2. The average Bonchev–Trinajstić information content (AvgIpc) is 2.74. The minimum atomic E-state index is -0.580. The Bertz CT molecular complexity index is 682. The van der Waals surface area contributed by atoms with Crippen molar-refractivity contribution in [1.29, 1.82) is 0 Å². The average molecular weight is 294 g/mol. The molecule has 0 aliphatic heterocycles. The zero-order valence-electron chi connectivity index (χ0n) is 11.8. The zero-order chi connectivity index (χ0) is 15.6. The van der Waals surface area contributed by atoms with Crippen LogP contribution in [0.1, 0.15) is 28.7 Å². The number of nitrogens with one attached hydrogen (secondary N) is 1. The van der Waals surface area contributed by atoms with Crippen LogP contribution in [0.5, 0.6) is 0 Å². The molecule has 0 aliphatic carbocycles. The summed E-state index contributed by atoms with van der Waals surface area (Å²) in [6.45, 7) is 1.75. The van der Waals surface area contributed by atoms with Crippen LogP contribution in [0.25, 0.3) is 0 Å². The molecule has 1 heterocycles. The smallest absolute Gasteiger partial charge is 0.271 e. The predicted molar refractivity (Wildman–Crippen MR) is 74.5 cm³/mol. The molecule has 1 aromatic carbocycles. The van der Waals surface area contributed by atoms with Gasteiger partial charge in [-0.2, -0.15) is 5.10 Å². The van der Waals surface area contributed by atoms with Crippen molar-refractivity contribution >= 4 is 11.6 Å². The van der Waals surface area contributed by atoms with Crippen molar-refractivity contribution in [3.63, 3.8) is 0 Å². The Hall–Kier alpha value is -2.44. The molecule has 112 valence electrons. The van der Waals surface area contributed by atoms with Crippen LogP contribution >= 0.6 is 0 Å². The molecule has 0 saturated heterocycles. The lowest BCUT2D eigenvalue weighted by Crippen LogP contribution is -2.26. The molecule has 3 N–H and O–H groups in total. The maximum atomic E-state index is 13.5. The summed E-state index contributed by atoms with van der Waals surface area (Å²) in [7, 11) is 1.60. The highest BCUT2D eigenvalue weighted by Gasteiger charge is 2.19. The summed E-state index contributed by atoms with van der Waals surface area (Å²) >= 11 is 0. The molecule has 2 rings (SSSR count). The molecule has 2 aromatic rings. The molecule has 21 heavy (non-hydrogen) atoms. The van der Waals surface area contributed by atoms with E-state index < -0.39 is 17.5 Å². The number of nitrogens with two attached hydrogens (primary N) is 1. The molecule has 0 saturated carbocycles. The second-order valence-electron chi connectivity index (χ2n) is 4.60. The number of carbonyl (C=O) groups is 1. The Morgan fingerprint density at radius 2 is 2.14 bits per heavy atom. The van der Waals surface area contributed by atoms with Crippen molar-refractivity contribution in [2.75, 3.05) is 5.73 Å². The first-order valence-electron chi connectivity index (χ1n) is 6.47. The van der Waals surface area contributed by atoms with Gasteiger partial charge in [0, 0.05) is 19.2 Å². The second kappa shape index (κ2) is 5.90.